The van der Waals surface area contributed by atoms with E-state index < -0.39 is 11.7 Å². The molecule has 1 aliphatic carbocycles. The molecule has 1 N–H and O–H groups in total. The molecule has 100 valence electrons. The number of benzene rings is 1. The Morgan fingerprint density at radius 3 is 2.56 bits per heavy atom. The van der Waals surface area contributed by atoms with Crippen molar-refractivity contribution < 1.29 is 13.2 Å². The van der Waals surface area contributed by atoms with Gasteiger partial charge < -0.3 is 5.32 Å². The zero-order valence-corrected chi connectivity index (χ0v) is 10.4. The molecule has 0 aliphatic heterocycles. The number of alkyl halides is 3. The quantitative estimate of drug-likeness (QED) is 0.863. The first-order valence-corrected chi connectivity index (χ1v) is 6.37. The first-order valence-electron chi connectivity index (χ1n) is 6.37. The third kappa shape index (κ3) is 3.05. The number of nitrogens with one attached hydrogen (secondary N) is 1. The van der Waals surface area contributed by atoms with Crippen molar-refractivity contribution in [2.75, 3.05) is 0 Å². The summed E-state index contributed by atoms with van der Waals surface area (Å²) in [5.74, 6) is 0.558. The maximum Gasteiger partial charge on any atom is 0.416 e. The fourth-order valence-electron chi connectivity index (χ4n) is 2.64. The predicted molar refractivity (Wildman–Crippen MR) is 65.1 cm³/mol. The smallest absolute Gasteiger partial charge is 0.310 e. The summed E-state index contributed by atoms with van der Waals surface area (Å²) >= 11 is 0. The second-order valence-electron chi connectivity index (χ2n) is 5.05. The monoisotopic (exact) mass is 257 g/mol. The fourth-order valence-corrected chi connectivity index (χ4v) is 2.64. The van der Waals surface area contributed by atoms with Gasteiger partial charge in [-0.2, -0.15) is 13.2 Å². The summed E-state index contributed by atoms with van der Waals surface area (Å²) in [4.78, 5) is 0. The number of halogens is 3. The summed E-state index contributed by atoms with van der Waals surface area (Å²) in [5.41, 5.74) is -0.188. The average Bonchev–Trinajstić information content (AvgIpc) is 2.71. The predicted octanol–water partition coefficient (Wildman–Crippen LogP) is 3.98. The second-order valence-corrected chi connectivity index (χ2v) is 5.05. The van der Waals surface area contributed by atoms with Crippen LogP contribution in [0.1, 0.15) is 37.3 Å². The van der Waals surface area contributed by atoms with E-state index >= 15 is 0 Å². The zero-order chi connectivity index (χ0) is 13.2. The Balaban J connectivity index is 2.05. The molecule has 0 saturated heterocycles. The molecular formula is C14H18F3N. The van der Waals surface area contributed by atoms with Crippen LogP contribution in [-0.4, -0.2) is 6.04 Å². The van der Waals surface area contributed by atoms with Crippen molar-refractivity contribution in [3.63, 3.8) is 0 Å². The summed E-state index contributed by atoms with van der Waals surface area (Å²) < 4.78 is 38.4. The molecule has 4 heteroatoms. The molecule has 1 fully saturated rings. The Labute approximate surface area is 105 Å². The van der Waals surface area contributed by atoms with Gasteiger partial charge in [0.05, 0.1) is 5.56 Å². The molecule has 1 aliphatic rings. The maximum absolute atomic E-state index is 12.8. The highest BCUT2D eigenvalue weighted by atomic mass is 19.4. The van der Waals surface area contributed by atoms with Crippen LogP contribution in [0.5, 0.6) is 0 Å². The minimum absolute atomic E-state index is 0.296. The maximum atomic E-state index is 12.8. The van der Waals surface area contributed by atoms with Crippen LogP contribution >= 0.6 is 0 Å². The van der Waals surface area contributed by atoms with Gasteiger partial charge in [-0.15, -0.1) is 0 Å². The first kappa shape index (κ1) is 13.4. The lowest BCUT2D eigenvalue weighted by molar-refractivity contribution is -0.138. The van der Waals surface area contributed by atoms with Crippen LogP contribution in [0.25, 0.3) is 0 Å². The van der Waals surface area contributed by atoms with E-state index in [1.807, 2.05) is 0 Å². The van der Waals surface area contributed by atoms with Gasteiger partial charge in [0.15, 0.2) is 0 Å². The molecule has 1 saturated carbocycles. The van der Waals surface area contributed by atoms with Crippen LogP contribution in [0.2, 0.25) is 0 Å². The van der Waals surface area contributed by atoms with E-state index in [1.54, 1.807) is 12.1 Å². The molecule has 2 unspecified atom stereocenters. The molecule has 2 rings (SSSR count). The zero-order valence-electron chi connectivity index (χ0n) is 10.4. The number of rotatable bonds is 3. The summed E-state index contributed by atoms with van der Waals surface area (Å²) in [7, 11) is 0. The van der Waals surface area contributed by atoms with Gasteiger partial charge in [-0.05, 0) is 30.4 Å². The highest BCUT2D eigenvalue weighted by Crippen LogP contribution is 2.32. The molecule has 0 heterocycles. The van der Waals surface area contributed by atoms with Gasteiger partial charge in [-0.1, -0.05) is 31.5 Å². The topological polar surface area (TPSA) is 12.0 Å². The van der Waals surface area contributed by atoms with Gasteiger partial charge in [-0.25, -0.2) is 0 Å². The van der Waals surface area contributed by atoms with Crippen LogP contribution in [0.4, 0.5) is 13.2 Å². The minimum Gasteiger partial charge on any atom is -0.310 e. The molecule has 1 nitrogen and oxygen atoms in total. The molecular weight excluding hydrogens is 239 g/mol. The van der Waals surface area contributed by atoms with E-state index in [2.05, 4.69) is 12.2 Å². The number of hydrogen-bond acceptors (Lipinski definition) is 1. The Morgan fingerprint density at radius 2 is 1.94 bits per heavy atom. The molecule has 0 bridgehead atoms. The van der Waals surface area contributed by atoms with Crippen molar-refractivity contribution in [3.05, 3.63) is 35.4 Å². The largest absolute Gasteiger partial charge is 0.416 e. The Bertz CT molecular complexity index is 400. The van der Waals surface area contributed by atoms with Gasteiger partial charge in [-0.3, -0.25) is 0 Å². The molecule has 1 aromatic carbocycles. The highest BCUT2D eigenvalue weighted by Gasteiger charge is 2.33. The molecule has 18 heavy (non-hydrogen) atoms. The van der Waals surface area contributed by atoms with Gasteiger partial charge in [0.1, 0.15) is 0 Å². The summed E-state index contributed by atoms with van der Waals surface area (Å²) in [6.07, 6.45) is -0.868. The van der Waals surface area contributed by atoms with Crippen molar-refractivity contribution in [1.29, 1.82) is 0 Å². The third-order valence-corrected chi connectivity index (χ3v) is 3.74. The van der Waals surface area contributed by atoms with Crippen LogP contribution in [-0.2, 0) is 12.7 Å². The summed E-state index contributed by atoms with van der Waals surface area (Å²) in [6.45, 7) is 2.45. The van der Waals surface area contributed by atoms with E-state index in [1.165, 1.54) is 18.9 Å². The van der Waals surface area contributed by atoms with Crippen LogP contribution in [0, 0.1) is 5.92 Å². The van der Waals surface area contributed by atoms with E-state index in [-0.39, 0.29) is 0 Å². The minimum atomic E-state index is -4.26. The van der Waals surface area contributed by atoms with Gasteiger partial charge in [0.25, 0.3) is 0 Å². The Hall–Kier alpha value is -1.03. The first-order chi connectivity index (χ1) is 8.48. The van der Waals surface area contributed by atoms with Crippen molar-refractivity contribution >= 4 is 0 Å². The highest BCUT2D eigenvalue weighted by molar-refractivity contribution is 5.29. The van der Waals surface area contributed by atoms with E-state index in [0.717, 1.165) is 12.5 Å². The Morgan fingerprint density at radius 1 is 1.22 bits per heavy atom. The molecule has 0 aromatic heterocycles. The van der Waals surface area contributed by atoms with E-state index in [9.17, 15) is 13.2 Å². The van der Waals surface area contributed by atoms with E-state index in [4.69, 9.17) is 0 Å². The van der Waals surface area contributed by atoms with Crippen molar-refractivity contribution in [1.82, 2.24) is 5.32 Å². The van der Waals surface area contributed by atoms with Crippen molar-refractivity contribution in [2.45, 2.75) is 44.9 Å². The molecule has 2 atom stereocenters. The third-order valence-electron chi connectivity index (χ3n) is 3.74. The summed E-state index contributed by atoms with van der Waals surface area (Å²) in [6, 6.07) is 6.14. The lowest BCUT2D eigenvalue weighted by Crippen LogP contribution is -2.31. The summed E-state index contributed by atoms with van der Waals surface area (Å²) in [5, 5.41) is 3.26. The molecule has 1 aromatic rings. The normalized spacial score (nSPS) is 24.4. The second kappa shape index (κ2) is 5.31. The SMILES string of the molecule is CC1CCCC1NCc1ccccc1C(F)(F)F. The van der Waals surface area contributed by atoms with Crippen molar-refractivity contribution in [3.8, 4) is 0 Å². The average molecular weight is 257 g/mol. The van der Waals surface area contributed by atoms with Gasteiger partial charge >= 0.3 is 6.18 Å². The molecule has 0 spiro atoms. The molecule has 0 amide bonds. The standard InChI is InChI=1S/C14H18F3N/c1-10-5-4-8-13(10)18-9-11-6-2-3-7-12(11)14(15,16)17/h2-3,6-7,10,13,18H,4-5,8-9H2,1H3. The van der Waals surface area contributed by atoms with E-state index in [0.29, 0.717) is 24.1 Å². The van der Waals surface area contributed by atoms with Crippen molar-refractivity contribution in [2.24, 2.45) is 5.92 Å². The molecule has 0 radical (unpaired) electrons. The fraction of sp³-hybridized carbons (Fsp3) is 0.571. The van der Waals surface area contributed by atoms with Gasteiger partial charge in [0.2, 0.25) is 0 Å². The number of hydrogen-bond donors (Lipinski definition) is 1. The van der Waals surface area contributed by atoms with Crippen LogP contribution in [0.15, 0.2) is 24.3 Å². The van der Waals surface area contributed by atoms with Gasteiger partial charge in [0, 0.05) is 12.6 Å². The lowest BCUT2D eigenvalue weighted by Gasteiger charge is -2.19. The van der Waals surface area contributed by atoms with Crippen LogP contribution < -0.4 is 5.32 Å². The van der Waals surface area contributed by atoms with Crippen LogP contribution in [0.3, 0.4) is 0 Å². The lowest BCUT2D eigenvalue weighted by atomic mass is 10.0. The Kier molecular flexibility index (Phi) is 3.95.